The number of rotatable bonds is 7. The van der Waals surface area contributed by atoms with Gasteiger partial charge < -0.3 is 5.32 Å². The normalized spacial score (nSPS) is 23.0. The Morgan fingerprint density at radius 2 is 2.06 bits per heavy atom. The summed E-state index contributed by atoms with van der Waals surface area (Å²) in [4.78, 5) is 0. The van der Waals surface area contributed by atoms with Gasteiger partial charge in [-0.05, 0) is 49.1 Å². The molecule has 0 aromatic carbocycles. The summed E-state index contributed by atoms with van der Waals surface area (Å²) in [5, 5.41) is 3.70. The fraction of sp³-hybridized carbons (Fsp3) is 0.765. The van der Waals surface area contributed by atoms with Gasteiger partial charge in [0.15, 0.2) is 0 Å². The zero-order valence-corrected chi connectivity index (χ0v) is 12.9. The van der Waals surface area contributed by atoms with Gasteiger partial charge in [0.05, 0.1) is 0 Å². The van der Waals surface area contributed by atoms with E-state index in [1.165, 1.54) is 24.8 Å². The highest BCUT2D eigenvalue weighted by molar-refractivity contribution is 5.25. The Kier molecular flexibility index (Phi) is 6.70. The van der Waals surface area contributed by atoms with Crippen LogP contribution in [0.5, 0.6) is 0 Å². The molecule has 1 nitrogen and oxygen atoms in total. The van der Waals surface area contributed by atoms with Gasteiger partial charge >= 0.3 is 0 Å². The Morgan fingerprint density at radius 1 is 1.33 bits per heavy atom. The average molecular weight is 249 g/mol. The molecule has 1 aliphatic carbocycles. The molecule has 0 bridgehead atoms. The van der Waals surface area contributed by atoms with Crippen LogP contribution in [0.2, 0.25) is 0 Å². The molecule has 1 N–H and O–H groups in total. The van der Waals surface area contributed by atoms with Crippen molar-refractivity contribution in [1.82, 2.24) is 5.32 Å². The molecule has 104 valence electrons. The van der Waals surface area contributed by atoms with Crippen LogP contribution in [0.1, 0.15) is 53.9 Å². The standard InChI is InChI=1S/C17H31N/c1-6-17(18-12-13(2)3)11-15(5)16-9-7-14(4)8-10-16/h7,9-10,13-15,17-18H,6,8,11-12H2,1-5H3/t14?,15-,17?/m0/s1. The van der Waals surface area contributed by atoms with E-state index in [0.717, 1.165) is 18.4 Å². The molecule has 0 fully saturated rings. The summed E-state index contributed by atoms with van der Waals surface area (Å²) in [5.41, 5.74) is 1.54. The van der Waals surface area contributed by atoms with Gasteiger partial charge in [0.2, 0.25) is 0 Å². The van der Waals surface area contributed by atoms with Crippen LogP contribution >= 0.6 is 0 Å². The molecule has 0 aromatic heterocycles. The van der Waals surface area contributed by atoms with Crippen LogP contribution in [0.3, 0.4) is 0 Å². The molecule has 0 aliphatic heterocycles. The van der Waals surface area contributed by atoms with Crippen molar-refractivity contribution >= 4 is 0 Å². The Bertz CT molecular complexity index is 288. The lowest BCUT2D eigenvalue weighted by atomic mass is 9.87. The zero-order valence-electron chi connectivity index (χ0n) is 12.9. The fourth-order valence-corrected chi connectivity index (χ4v) is 2.47. The molecule has 1 heteroatoms. The van der Waals surface area contributed by atoms with Crippen molar-refractivity contribution in [3.05, 3.63) is 23.8 Å². The monoisotopic (exact) mass is 249 g/mol. The number of hydrogen-bond donors (Lipinski definition) is 1. The van der Waals surface area contributed by atoms with Crippen molar-refractivity contribution in [2.45, 2.75) is 59.9 Å². The molecular weight excluding hydrogens is 218 g/mol. The third-order valence-corrected chi connectivity index (χ3v) is 3.86. The first kappa shape index (κ1) is 15.5. The van der Waals surface area contributed by atoms with Gasteiger partial charge in [-0.15, -0.1) is 0 Å². The van der Waals surface area contributed by atoms with Gasteiger partial charge in [-0.25, -0.2) is 0 Å². The first-order valence-electron chi connectivity index (χ1n) is 7.64. The second-order valence-electron chi connectivity index (χ2n) is 6.32. The van der Waals surface area contributed by atoms with Crippen LogP contribution < -0.4 is 5.32 Å². The Morgan fingerprint density at radius 3 is 2.56 bits per heavy atom. The van der Waals surface area contributed by atoms with Crippen LogP contribution in [-0.4, -0.2) is 12.6 Å². The smallest absolute Gasteiger partial charge is 0.00702 e. The third-order valence-electron chi connectivity index (χ3n) is 3.86. The first-order valence-corrected chi connectivity index (χ1v) is 7.64. The van der Waals surface area contributed by atoms with E-state index in [1.54, 1.807) is 0 Å². The Balaban J connectivity index is 2.42. The van der Waals surface area contributed by atoms with Crippen LogP contribution in [0.4, 0.5) is 0 Å². The van der Waals surface area contributed by atoms with Gasteiger partial charge in [0.1, 0.15) is 0 Å². The fourth-order valence-electron chi connectivity index (χ4n) is 2.47. The SMILES string of the molecule is CCC(C[C@H](C)C1=CCC(C)C=C1)NCC(C)C. The largest absolute Gasteiger partial charge is 0.314 e. The molecule has 0 amide bonds. The molecule has 1 aliphatic rings. The Hall–Kier alpha value is -0.560. The third kappa shape index (κ3) is 5.39. The highest BCUT2D eigenvalue weighted by atomic mass is 14.9. The van der Waals surface area contributed by atoms with E-state index >= 15 is 0 Å². The second kappa shape index (κ2) is 7.78. The van der Waals surface area contributed by atoms with E-state index in [-0.39, 0.29) is 0 Å². The lowest BCUT2D eigenvalue weighted by Gasteiger charge is -2.24. The van der Waals surface area contributed by atoms with Crippen molar-refractivity contribution in [2.75, 3.05) is 6.54 Å². The first-order chi connectivity index (χ1) is 8.52. The molecule has 0 saturated carbocycles. The van der Waals surface area contributed by atoms with Crippen LogP contribution in [0, 0.1) is 17.8 Å². The highest BCUT2D eigenvalue weighted by Crippen LogP contribution is 2.25. The summed E-state index contributed by atoms with van der Waals surface area (Å²) in [7, 11) is 0. The summed E-state index contributed by atoms with van der Waals surface area (Å²) >= 11 is 0. The van der Waals surface area contributed by atoms with Crippen molar-refractivity contribution < 1.29 is 0 Å². The van der Waals surface area contributed by atoms with E-state index in [2.05, 4.69) is 58.2 Å². The predicted molar refractivity (Wildman–Crippen MR) is 81.7 cm³/mol. The maximum atomic E-state index is 3.70. The van der Waals surface area contributed by atoms with Crippen molar-refractivity contribution in [3.63, 3.8) is 0 Å². The van der Waals surface area contributed by atoms with Gasteiger partial charge in [-0.1, -0.05) is 52.8 Å². The minimum Gasteiger partial charge on any atom is -0.314 e. The summed E-state index contributed by atoms with van der Waals surface area (Å²) in [6.45, 7) is 12.6. The van der Waals surface area contributed by atoms with Crippen molar-refractivity contribution in [1.29, 1.82) is 0 Å². The van der Waals surface area contributed by atoms with Gasteiger partial charge in [-0.2, -0.15) is 0 Å². The summed E-state index contributed by atoms with van der Waals surface area (Å²) in [6.07, 6.45) is 10.8. The molecule has 0 radical (unpaired) electrons. The Labute approximate surface area is 114 Å². The van der Waals surface area contributed by atoms with Crippen LogP contribution in [0.15, 0.2) is 23.8 Å². The van der Waals surface area contributed by atoms with E-state index in [0.29, 0.717) is 12.0 Å². The molecule has 18 heavy (non-hydrogen) atoms. The van der Waals surface area contributed by atoms with Crippen molar-refractivity contribution in [2.24, 2.45) is 17.8 Å². The van der Waals surface area contributed by atoms with Crippen molar-refractivity contribution in [3.8, 4) is 0 Å². The number of nitrogens with one attached hydrogen (secondary N) is 1. The lowest BCUT2D eigenvalue weighted by Crippen LogP contribution is -2.33. The van der Waals surface area contributed by atoms with Gasteiger partial charge in [0.25, 0.3) is 0 Å². The van der Waals surface area contributed by atoms with Gasteiger partial charge in [0, 0.05) is 6.04 Å². The minimum atomic E-state index is 0.663. The topological polar surface area (TPSA) is 12.0 Å². The zero-order chi connectivity index (χ0) is 13.5. The highest BCUT2D eigenvalue weighted by Gasteiger charge is 2.15. The number of hydrogen-bond acceptors (Lipinski definition) is 1. The minimum absolute atomic E-state index is 0.663. The molecule has 0 spiro atoms. The predicted octanol–water partition coefficient (Wildman–Crippen LogP) is 4.56. The lowest BCUT2D eigenvalue weighted by molar-refractivity contribution is 0.397. The molecule has 3 atom stereocenters. The molecule has 0 saturated heterocycles. The van der Waals surface area contributed by atoms with E-state index in [1.807, 2.05) is 0 Å². The average Bonchev–Trinajstić information content (AvgIpc) is 2.34. The van der Waals surface area contributed by atoms with E-state index in [9.17, 15) is 0 Å². The maximum absolute atomic E-state index is 3.70. The second-order valence-corrected chi connectivity index (χ2v) is 6.32. The van der Waals surface area contributed by atoms with Crippen LogP contribution in [-0.2, 0) is 0 Å². The molecular formula is C17H31N. The molecule has 2 unspecified atom stereocenters. The summed E-state index contributed by atoms with van der Waals surface area (Å²) < 4.78 is 0. The molecule has 0 heterocycles. The molecule has 1 rings (SSSR count). The number of allylic oxidation sites excluding steroid dienone is 4. The summed E-state index contributed by atoms with van der Waals surface area (Å²) in [5.74, 6) is 2.14. The van der Waals surface area contributed by atoms with E-state index < -0.39 is 0 Å². The van der Waals surface area contributed by atoms with Crippen LogP contribution in [0.25, 0.3) is 0 Å². The van der Waals surface area contributed by atoms with Gasteiger partial charge in [-0.3, -0.25) is 0 Å². The molecule has 0 aromatic rings. The summed E-state index contributed by atoms with van der Waals surface area (Å²) in [6, 6.07) is 0.663. The quantitative estimate of drug-likeness (QED) is 0.697. The maximum Gasteiger partial charge on any atom is 0.00702 e. The van der Waals surface area contributed by atoms with E-state index in [4.69, 9.17) is 0 Å².